The van der Waals surface area contributed by atoms with Crippen LogP contribution in [0.5, 0.6) is 0 Å². The molecule has 0 unspecified atom stereocenters. The lowest BCUT2D eigenvalue weighted by Crippen LogP contribution is -1.91. The lowest BCUT2D eigenvalue weighted by Gasteiger charge is -2.07. The molecular formula is C14H12N4. The average molecular weight is 236 g/mol. The monoisotopic (exact) mass is 236 g/mol. The molecule has 0 radical (unpaired) electrons. The number of aromatic amines is 2. The number of nitrogens with two attached hydrogens (primary N) is 2. The number of rotatable bonds is 0. The largest absolute Gasteiger partial charge is 0.397 e. The SMILES string of the molecule is Nc1cc2c3cc[nH]c3c(N)cc2c2cc[nH]c12. The lowest BCUT2D eigenvalue weighted by atomic mass is 10.0. The number of H-pyrrole nitrogens is 2. The van der Waals surface area contributed by atoms with E-state index in [4.69, 9.17) is 11.5 Å². The molecule has 88 valence electrons. The molecule has 4 heteroatoms. The van der Waals surface area contributed by atoms with Crippen molar-refractivity contribution in [2.45, 2.75) is 0 Å². The molecule has 0 aliphatic carbocycles. The fraction of sp³-hybridized carbons (Fsp3) is 0. The minimum atomic E-state index is 0.759. The molecule has 0 aliphatic heterocycles. The van der Waals surface area contributed by atoms with Gasteiger partial charge in [-0.05, 0) is 35.0 Å². The summed E-state index contributed by atoms with van der Waals surface area (Å²) in [4.78, 5) is 6.34. The summed E-state index contributed by atoms with van der Waals surface area (Å²) in [5, 5.41) is 4.48. The fourth-order valence-corrected chi connectivity index (χ4v) is 2.72. The molecule has 2 heterocycles. The normalized spacial score (nSPS) is 11.8. The third-order valence-electron chi connectivity index (χ3n) is 3.54. The van der Waals surface area contributed by atoms with E-state index in [0.717, 1.165) is 44.0 Å². The van der Waals surface area contributed by atoms with E-state index < -0.39 is 0 Å². The van der Waals surface area contributed by atoms with Gasteiger partial charge in [0.25, 0.3) is 0 Å². The van der Waals surface area contributed by atoms with Gasteiger partial charge in [0.15, 0.2) is 0 Å². The Bertz CT molecular complexity index is 822. The number of nitrogens with one attached hydrogen (secondary N) is 2. The van der Waals surface area contributed by atoms with Crippen LogP contribution >= 0.6 is 0 Å². The quantitative estimate of drug-likeness (QED) is 0.354. The topological polar surface area (TPSA) is 83.6 Å². The van der Waals surface area contributed by atoms with Crippen molar-refractivity contribution in [2.75, 3.05) is 11.5 Å². The van der Waals surface area contributed by atoms with Gasteiger partial charge in [0.2, 0.25) is 0 Å². The third kappa shape index (κ3) is 0.996. The standard InChI is InChI=1S/C14H12N4/c15-11-6-10-8-2-4-18-14(8)12(16)5-9(10)7-1-3-17-13(7)11/h1-6,17-18H,15-16H2. The summed E-state index contributed by atoms with van der Waals surface area (Å²) >= 11 is 0. The molecule has 4 rings (SSSR count). The summed E-state index contributed by atoms with van der Waals surface area (Å²) in [5.74, 6) is 0. The molecule has 6 N–H and O–H groups in total. The maximum atomic E-state index is 6.09. The van der Waals surface area contributed by atoms with Crippen LogP contribution in [0.4, 0.5) is 11.4 Å². The Morgan fingerprint density at radius 2 is 1.11 bits per heavy atom. The zero-order valence-electron chi connectivity index (χ0n) is 9.62. The molecule has 0 saturated heterocycles. The first kappa shape index (κ1) is 9.41. The second-order valence-electron chi connectivity index (χ2n) is 4.56. The van der Waals surface area contributed by atoms with Crippen LogP contribution in [0.3, 0.4) is 0 Å². The molecule has 2 aromatic heterocycles. The Balaban J connectivity index is 2.40. The lowest BCUT2D eigenvalue weighted by molar-refractivity contribution is 1.48. The highest BCUT2D eigenvalue weighted by Crippen LogP contribution is 2.36. The van der Waals surface area contributed by atoms with Crippen molar-refractivity contribution in [1.29, 1.82) is 0 Å². The molecular weight excluding hydrogens is 224 g/mol. The van der Waals surface area contributed by atoms with Gasteiger partial charge in [-0.3, -0.25) is 0 Å². The summed E-state index contributed by atoms with van der Waals surface area (Å²) in [6.07, 6.45) is 3.80. The van der Waals surface area contributed by atoms with Crippen molar-refractivity contribution < 1.29 is 0 Å². The third-order valence-corrected chi connectivity index (χ3v) is 3.54. The number of hydrogen-bond acceptors (Lipinski definition) is 2. The van der Waals surface area contributed by atoms with E-state index in [2.05, 4.69) is 9.97 Å². The van der Waals surface area contributed by atoms with Crippen LogP contribution in [0.15, 0.2) is 36.7 Å². The van der Waals surface area contributed by atoms with E-state index in [9.17, 15) is 0 Å². The van der Waals surface area contributed by atoms with Crippen LogP contribution < -0.4 is 11.5 Å². The van der Waals surface area contributed by atoms with Crippen LogP contribution in [0.2, 0.25) is 0 Å². The molecule has 18 heavy (non-hydrogen) atoms. The summed E-state index contributed by atoms with van der Waals surface area (Å²) < 4.78 is 0. The van der Waals surface area contributed by atoms with Gasteiger partial charge in [0.1, 0.15) is 0 Å². The van der Waals surface area contributed by atoms with Crippen LogP contribution in [0.25, 0.3) is 32.6 Å². The van der Waals surface area contributed by atoms with Gasteiger partial charge in [-0.1, -0.05) is 0 Å². The molecule has 0 saturated carbocycles. The van der Waals surface area contributed by atoms with Gasteiger partial charge in [-0.2, -0.15) is 0 Å². The number of anilines is 2. The molecule has 2 aromatic carbocycles. The van der Waals surface area contributed by atoms with Crippen molar-refractivity contribution in [2.24, 2.45) is 0 Å². The first-order chi connectivity index (χ1) is 8.75. The van der Waals surface area contributed by atoms with Gasteiger partial charge in [0, 0.05) is 23.2 Å². The maximum absolute atomic E-state index is 6.09. The molecule has 4 nitrogen and oxygen atoms in total. The Kier molecular flexibility index (Phi) is 1.56. The van der Waals surface area contributed by atoms with E-state index >= 15 is 0 Å². The first-order valence-corrected chi connectivity index (χ1v) is 5.80. The molecule has 4 aromatic rings. The van der Waals surface area contributed by atoms with Crippen molar-refractivity contribution in [1.82, 2.24) is 9.97 Å². The number of hydrogen-bond donors (Lipinski definition) is 4. The summed E-state index contributed by atoms with van der Waals surface area (Å²) in [5.41, 5.74) is 15.6. The van der Waals surface area contributed by atoms with Crippen molar-refractivity contribution in [3.05, 3.63) is 36.7 Å². The minimum absolute atomic E-state index is 0.759. The Labute approximate surface area is 103 Å². The predicted molar refractivity (Wildman–Crippen MR) is 76.5 cm³/mol. The highest BCUT2D eigenvalue weighted by atomic mass is 14.7. The maximum Gasteiger partial charge on any atom is 0.0694 e. The van der Waals surface area contributed by atoms with Gasteiger partial charge in [0.05, 0.1) is 22.4 Å². The summed E-state index contributed by atoms with van der Waals surface area (Å²) in [6.45, 7) is 0. The molecule has 0 amide bonds. The number of fused-ring (bicyclic) bond motifs is 5. The van der Waals surface area contributed by atoms with Crippen molar-refractivity contribution in [3.63, 3.8) is 0 Å². The van der Waals surface area contributed by atoms with Crippen molar-refractivity contribution in [3.8, 4) is 0 Å². The fourth-order valence-electron chi connectivity index (χ4n) is 2.72. The van der Waals surface area contributed by atoms with E-state index in [1.54, 1.807) is 0 Å². The highest BCUT2D eigenvalue weighted by Gasteiger charge is 2.10. The first-order valence-electron chi connectivity index (χ1n) is 5.80. The van der Waals surface area contributed by atoms with Crippen LogP contribution in [-0.4, -0.2) is 9.97 Å². The second kappa shape index (κ2) is 2.98. The number of aromatic nitrogens is 2. The average Bonchev–Trinajstić information content (AvgIpc) is 2.98. The van der Waals surface area contributed by atoms with E-state index in [0.29, 0.717) is 0 Å². The zero-order valence-corrected chi connectivity index (χ0v) is 9.62. The molecule has 0 fully saturated rings. The van der Waals surface area contributed by atoms with E-state index in [1.165, 1.54) is 0 Å². The summed E-state index contributed by atoms with van der Waals surface area (Å²) in [6, 6.07) is 8.07. The highest BCUT2D eigenvalue weighted by molar-refractivity contribution is 6.21. The van der Waals surface area contributed by atoms with Crippen LogP contribution in [0.1, 0.15) is 0 Å². The van der Waals surface area contributed by atoms with Gasteiger partial charge in [-0.25, -0.2) is 0 Å². The molecule has 0 spiro atoms. The van der Waals surface area contributed by atoms with E-state index in [-0.39, 0.29) is 0 Å². The molecule has 0 bridgehead atoms. The van der Waals surface area contributed by atoms with Gasteiger partial charge >= 0.3 is 0 Å². The number of nitrogen functional groups attached to an aromatic ring is 2. The second-order valence-corrected chi connectivity index (χ2v) is 4.56. The van der Waals surface area contributed by atoms with Crippen LogP contribution in [-0.2, 0) is 0 Å². The Hall–Kier alpha value is -2.62. The van der Waals surface area contributed by atoms with Crippen molar-refractivity contribution >= 4 is 44.0 Å². The zero-order chi connectivity index (χ0) is 12.3. The smallest absolute Gasteiger partial charge is 0.0694 e. The van der Waals surface area contributed by atoms with Gasteiger partial charge < -0.3 is 21.4 Å². The molecule has 0 atom stereocenters. The number of benzene rings is 2. The Morgan fingerprint density at radius 1 is 0.667 bits per heavy atom. The molecule has 0 aliphatic rings. The minimum Gasteiger partial charge on any atom is -0.397 e. The van der Waals surface area contributed by atoms with Gasteiger partial charge in [-0.15, -0.1) is 0 Å². The van der Waals surface area contributed by atoms with Crippen LogP contribution in [0, 0.1) is 0 Å². The van der Waals surface area contributed by atoms with E-state index in [1.807, 2.05) is 36.7 Å². The predicted octanol–water partition coefficient (Wildman–Crippen LogP) is 2.97. The summed E-state index contributed by atoms with van der Waals surface area (Å²) in [7, 11) is 0. The Morgan fingerprint density at radius 3 is 1.56 bits per heavy atom.